The van der Waals surface area contributed by atoms with Gasteiger partial charge in [-0.3, -0.25) is 4.79 Å². The largest absolute Gasteiger partial charge is 0.364 e. The van der Waals surface area contributed by atoms with Crippen LogP contribution in [0.5, 0.6) is 0 Å². The lowest BCUT2D eigenvalue weighted by Gasteiger charge is -2.19. The second-order valence-electron chi connectivity index (χ2n) is 7.14. The number of nitrogens with zero attached hydrogens (tertiary/aromatic N) is 1. The predicted octanol–water partition coefficient (Wildman–Crippen LogP) is 3.93. The van der Waals surface area contributed by atoms with E-state index in [1.54, 1.807) is 42.5 Å². The molecule has 3 aromatic rings. The van der Waals surface area contributed by atoms with E-state index in [0.717, 1.165) is 9.54 Å². The molecule has 2 aromatic carbocycles. The fourth-order valence-electron chi connectivity index (χ4n) is 2.82. The minimum Gasteiger partial charge on any atom is -0.364 e. The second-order valence-corrected chi connectivity index (χ2v) is 9.36. The zero-order valence-corrected chi connectivity index (χ0v) is 16.2. The third kappa shape index (κ3) is 3.10. The van der Waals surface area contributed by atoms with Crippen molar-refractivity contribution in [1.82, 2.24) is 3.97 Å². The summed E-state index contributed by atoms with van der Waals surface area (Å²) >= 11 is 5.98. The van der Waals surface area contributed by atoms with Crippen LogP contribution < -0.4 is 5.73 Å². The number of benzene rings is 2. The Labute approximate surface area is 157 Å². The zero-order valence-electron chi connectivity index (χ0n) is 14.7. The Bertz CT molecular complexity index is 1110. The molecule has 3 rings (SSSR count). The lowest BCUT2D eigenvalue weighted by Crippen LogP contribution is -2.22. The summed E-state index contributed by atoms with van der Waals surface area (Å²) in [6, 6.07) is 12.8. The van der Waals surface area contributed by atoms with Gasteiger partial charge in [-0.2, -0.15) is 0 Å². The number of hydrogen-bond donors (Lipinski definition) is 1. The highest BCUT2D eigenvalue weighted by atomic mass is 35.5. The number of halogens is 1. The van der Waals surface area contributed by atoms with Gasteiger partial charge in [0.1, 0.15) is 5.69 Å². The van der Waals surface area contributed by atoms with Gasteiger partial charge in [0, 0.05) is 10.4 Å². The molecule has 1 heterocycles. The summed E-state index contributed by atoms with van der Waals surface area (Å²) in [4.78, 5) is 11.9. The first kappa shape index (κ1) is 18.5. The zero-order chi connectivity index (χ0) is 19.3. The van der Waals surface area contributed by atoms with Gasteiger partial charge in [0.25, 0.3) is 15.9 Å². The van der Waals surface area contributed by atoms with E-state index in [9.17, 15) is 13.2 Å². The Morgan fingerprint density at radius 2 is 1.65 bits per heavy atom. The highest BCUT2D eigenvalue weighted by molar-refractivity contribution is 7.90. The van der Waals surface area contributed by atoms with E-state index >= 15 is 0 Å². The average Bonchev–Trinajstić information content (AvgIpc) is 2.93. The van der Waals surface area contributed by atoms with Gasteiger partial charge in [-0.1, -0.05) is 44.5 Å². The third-order valence-electron chi connectivity index (χ3n) is 4.23. The fraction of sp³-hybridized carbons (Fsp3) is 0.211. The topological polar surface area (TPSA) is 82.2 Å². The van der Waals surface area contributed by atoms with Gasteiger partial charge in [0.05, 0.1) is 10.4 Å². The van der Waals surface area contributed by atoms with Crippen LogP contribution in [0, 0.1) is 0 Å². The standard InChI is InChI=1S/C19H19ClN2O3S/c1-19(2,3)13-4-7-15(8-5-13)26(24,25)22-16-9-6-14(20)10-12(16)11-17(22)18(21)23/h4-11H,1-3H3,(H2,21,23). The Balaban J connectivity index is 2.24. The lowest BCUT2D eigenvalue weighted by molar-refractivity contribution is 0.0995. The van der Waals surface area contributed by atoms with Crippen LogP contribution in [-0.2, 0) is 15.4 Å². The molecule has 0 bridgehead atoms. The Kier molecular flexibility index (Phi) is 4.37. The number of hydrogen-bond acceptors (Lipinski definition) is 3. The Morgan fingerprint density at radius 1 is 1.04 bits per heavy atom. The van der Waals surface area contributed by atoms with Gasteiger partial charge in [-0.15, -0.1) is 0 Å². The van der Waals surface area contributed by atoms with Crippen molar-refractivity contribution in [3.8, 4) is 0 Å². The van der Waals surface area contributed by atoms with Gasteiger partial charge in [0.15, 0.2) is 0 Å². The summed E-state index contributed by atoms with van der Waals surface area (Å²) in [7, 11) is -4.00. The molecule has 0 aliphatic carbocycles. The van der Waals surface area contributed by atoms with E-state index in [1.165, 1.54) is 6.07 Å². The van der Waals surface area contributed by atoms with E-state index in [0.29, 0.717) is 15.9 Å². The fourth-order valence-corrected chi connectivity index (χ4v) is 4.52. The molecule has 1 aromatic heterocycles. The summed E-state index contributed by atoms with van der Waals surface area (Å²) in [6.07, 6.45) is 0. The molecule has 0 atom stereocenters. The molecule has 0 spiro atoms. The van der Waals surface area contributed by atoms with Crippen LogP contribution >= 0.6 is 11.6 Å². The van der Waals surface area contributed by atoms with Crippen molar-refractivity contribution in [3.05, 3.63) is 64.8 Å². The third-order valence-corrected chi connectivity index (χ3v) is 6.21. The number of rotatable bonds is 3. The maximum absolute atomic E-state index is 13.2. The van der Waals surface area contributed by atoms with Crippen LogP contribution in [0.4, 0.5) is 0 Å². The maximum atomic E-state index is 13.2. The summed E-state index contributed by atoms with van der Waals surface area (Å²) in [5.41, 5.74) is 6.57. The van der Waals surface area contributed by atoms with Crippen molar-refractivity contribution in [2.24, 2.45) is 5.73 Å². The van der Waals surface area contributed by atoms with Gasteiger partial charge < -0.3 is 5.73 Å². The normalized spacial score (nSPS) is 12.5. The van der Waals surface area contributed by atoms with Crippen LogP contribution in [-0.4, -0.2) is 18.3 Å². The average molecular weight is 391 g/mol. The predicted molar refractivity (Wildman–Crippen MR) is 103 cm³/mol. The Morgan fingerprint density at radius 3 is 2.19 bits per heavy atom. The molecular formula is C19H19ClN2O3S. The van der Waals surface area contributed by atoms with Gasteiger partial charge in [0.2, 0.25) is 0 Å². The number of primary amides is 1. The molecule has 0 radical (unpaired) electrons. The molecule has 2 N–H and O–H groups in total. The summed E-state index contributed by atoms with van der Waals surface area (Å²) in [5.74, 6) is -0.827. The second kappa shape index (κ2) is 6.14. The minimum absolute atomic E-state index is 0.0838. The van der Waals surface area contributed by atoms with Crippen LogP contribution in [0.25, 0.3) is 10.9 Å². The van der Waals surface area contributed by atoms with Crippen LogP contribution in [0.15, 0.2) is 53.4 Å². The van der Waals surface area contributed by atoms with Gasteiger partial charge in [-0.25, -0.2) is 12.4 Å². The van der Waals surface area contributed by atoms with Crippen molar-refractivity contribution in [1.29, 1.82) is 0 Å². The van der Waals surface area contributed by atoms with E-state index in [1.807, 2.05) is 20.8 Å². The van der Waals surface area contributed by atoms with Crippen molar-refractivity contribution in [3.63, 3.8) is 0 Å². The van der Waals surface area contributed by atoms with E-state index in [2.05, 4.69) is 0 Å². The quantitative estimate of drug-likeness (QED) is 0.735. The van der Waals surface area contributed by atoms with E-state index < -0.39 is 15.9 Å². The SMILES string of the molecule is CC(C)(C)c1ccc(S(=O)(=O)n2c(C(N)=O)cc3cc(Cl)ccc32)cc1. The molecule has 1 amide bonds. The van der Waals surface area contributed by atoms with Crippen LogP contribution in [0.2, 0.25) is 5.02 Å². The van der Waals surface area contributed by atoms with Crippen molar-refractivity contribution < 1.29 is 13.2 Å². The van der Waals surface area contributed by atoms with Gasteiger partial charge in [-0.05, 0) is 47.4 Å². The number of nitrogens with two attached hydrogens (primary N) is 1. The summed E-state index contributed by atoms with van der Waals surface area (Å²) in [5, 5.41) is 0.971. The Hall–Kier alpha value is -2.31. The molecule has 5 nitrogen and oxygen atoms in total. The smallest absolute Gasteiger partial charge is 0.268 e. The molecule has 0 aliphatic heterocycles. The number of carbonyl (C=O) groups excluding carboxylic acids is 1. The van der Waals surface area contributed by atoms with Crippen LogP contribution in [0.3, 0.4) is 0 Å². The molecule has 136 valence electrons. The first-order chi connectivity index (χ1) is 12.0. The van der Waals surface area contributed by atoms with Crippen LogP contribution in [0.1, 0.15) is 36.8 Å². The molecule has 0 saturated heterocycles. The minimum atomic E-state index is -4.00. The molecule has 26 heavy (non-hydrogen) atoms. The molecule has 0 saturated carbocycles. The van der Waals surface area contributed by atoms with Crippen molar-refractivity contribution >= 4 is 38.4 Å². The number of fused-ring (bicyclic) bond motifs is 1. The monoisotopic (exact) mass is 390 g/mol. The van der Waals surface area contributed by atoms with Gasteiger partial charge >= 0.3 is 0 Å². The molecule has 0 fully saturated rings. The molecular weight excluding hydrogens is 372 g/mol. The highest BCUT2D eigenvalue weighted by Gasteiger charge is 2.26. The molecule has 0 aliphatic rings. The first-order valence-electron chi connectivity index (χ1n) is 7.99. The molecule has 0 unspecified atom stereocenters. The number of carbonyl (C=O) groups is 1. The van der Waals surface area contributed by atoms with Crippen molar-refractivity contribution in [2.75, 3.05) is 0 Å². The van der Waals surface area contributed by atoms with E-state index in [4.69, 9.17) is 17.3 Å². The summed E-state index contributed by atoms with van der Waals surface area (Å²) in [6.45, 7) is 6.14. The van der Waals surface area contributed by atoms with E-state index in [-0.39, 0.29) is 16.0 Å². The van der Waals surface area contributed by atoms with Crippen molar-refractivity contribution in [2.45, 2.75) is 31.1 Å². The highest BCUT2D eigenvalue weighted by Crippen LogP contribution is 2.29. The number of amides is 1. The maximum Gasteiger partial charge on any atom is 0.268 e. The summed E-state index contributed by atoms with van der Waals surface area (Å²) < 4.78 is 27.4. The number of aromatic nitrogens is 1. The lowest BCUT2D eigenvalue weighted by atomic mass is 9.87. The molecule has 7 heteroatoms. The first-order valence-corrected chi connectivity index (χ1v) is 9.80.